The number of aldehydes is 1. The van der Waals surface area contributed by atoms with Gasteiger partial charge in [-0.1, -0.05) is 23.5 Å². The van der Waals surface area contributed by atoms with Crippen molar-refractivity contribution in [3.8, 4) is 0 Å². The number of H-pyrrole nitrogens is 1. The van der Waals surface area contributed by atoms with Crippen LogP contribution in [0, 0.1) is 0 Å². The van der Waals surface area contributed by atoms with E-state index in [1.165, 1.54) is 11.3 Å². The quantitative estimate of drug-likeness (QED) is 0.304. The molecule has 0 aliphatic carbocycles. The minimum atomic E-state index is 0.570. The van der Waals surface area contributed by atoms with Gasteiger partial charge in [0, 0.05) is 32.1 Å². The predicted octanol–water partition coefficient (Wildman–Crippen LogP) is 2.83. The second-order valence-electron chi connectivity index (χ2n) is 6.21. The fraction of sp³-hybridized carbons (Fsp3) is 0.222. The van der Waals surface area contributed by atoms with Gasteiger partial charge in [0.1, 0.15) is 0 Å². The molecule has 0 amide bonds. The molecule has 0 saturated carbocycles. The first-order valence-electron chi connectivity index (χ1n) is 8.40. The number of fused-ring (bicyclic) bond motifs is 2. The maximum Gasteiger partial charge on any atom is 0.185 e. The number of rotatable bonds is 6. The Bertz CT molecular complexity index is 1150. The highest BCUT2D eigenvalue weighted by atomic mass is 32.1. The molecular weight excluding hydrogens is 362 g/mol. The number of nitrogens with one attached hydrogen (secondary N) is 2. The summed E-state index contributed by atoms with van der Waals surface area (Å²) >= 11 is 1.51. The number of aryl methyl sites for hydroxylation is 1. The number of carbonyl (C=O) groups excluding carboxylic acids is 1. The molecule has 27 heavy (non-hydrogen) atoms. The molecule has 8 nitrogen and oxygen atoms in total. The molecule has 1 aromatic carbocycles. The molecule has 3 aromatic heterocycles. The Morgan fingerprint density at radius 2 is 2.30 bits per heavy atom. The Morgan fingerprint density at radius 3 is 3.07 bits per heavy atom. The third-order valence-electron chi connectivity index (χ3n) is 4.49. The second kappa shape index (κ2) is 6.84. The number of anilines is 1. The van der Waals surface area contributed by atoms with Crippen molar-refractivity contribution in [1.29, 1.82) is 0 Å². The summed E-state index contributed by atoms with van der Waals surface area (Å²) in [6.45, 7) is 0.629. The van der Waals surface area contributed by atoms with Gasteiger partial charge in [0.15, 0.2) is 17.1 Å². The summed E-state index contributed by atoms with van der Waals surface area (Å²) in [4.78, 5) is 16.1. The third-order valence-corrected chi connectivity index (χ3v) is 5.59. The first-order chi connectivity index (χ1) is 13.1. The average Bonchev–Trinajstić information content (AvgIpc) is 3.36. The van der Waals surface area contributed by atoms with Crippen LogP contribution >= 0.6 is 11.3 Å². The lowest BCUT2D eigenvalue weighted by molar-refractivity contribution is 0.111. The van der Waals surface area contributed by atoms with Gasteiger partial charge in [-0.15, -0.1) is 0 Å². The van der Waals surface area contributed by atoms with Gasteiger partial charge in [0.05, 0.1) is 34.9 Å². The van der Waals surface area contributed by atoms with Crippen molar-refractivity contribution in [2.75, 3.05) is 19.4 Å². The molecule has 0 bridgehead atoms. The van der Waals surface area contributed by atoms with Crippen LogP contribution in [0.25, 0.3) is 21.3 Å². The molecule has 0 saturated heterocycles. The molecule has 0 radical (unpaired) electrons. The van der Waals surface area contributed by atoms with Crippen LogP contribution in [0.15, 0.2) is 29.5 Å². The zero-order valence-electron chi connectivity index (χ0n) is 15.2. The van der Waals surface area contributed by atoms with E-state index in [0.29, 0.717) is 12.2 Å². The van der Waals surface area contributed by atoms with Crippen molar-refractivity contribution in [3.05, 3.63) is 41.2 Å². The highest BCUT2D eigenvalue weighted by molar-refractivity contribution is 7.22. The Labute approximate surface area is 159 Å². The summed E-state index contributed by atoms with van der Waals surface area (Å²) in [6.07, 6.45) is 4.41. The highest BCUT2D eigenvalue weighted by Gasteiger charge is 2.18. The zero-order chi connectivity index (χ0) is 19.0. The summed E-state index contributed by atoms with van der Waals surface area (Å²) in [5, 5.41) is 18.4. The summed E-state index contributed by atoms with van der Waals surface area (Å²) in [6, 6.07) is 6.05. The number of carbonyl (C=O) groups is 1. The topological polar surface area (TPSA) is 91.2 Å². The third kappa shape index (κ3) is 2.95. The van der Waals surface area contributed by atoms with Crippen LogP contribution in [-0.2, 0) is 13.6 Å². The lowest BCUT2D eigenvalue weighted by Crippen LogP contribution is -2.11. The van der Waals surface area contributed by atoms with E-state index in [2.05, 4.69) is 31.7 Å². The Morgan fingerprint density at radius 1 is 1.44 bits per heavy atom. The van der Waals surface area contributed by atoms with Crippen LogP contribution in [0.2, 0.25) is 0 Å². The zero-order valence-corrected chi connectivity index (χ0v) is 16.0. The van der Waals surface area contributed by atoms with Crippen molar-refractivity contribution in [1.82, 2.24) is 24.8 Å². The highest BCUT2D eigenvalue weighted by Crippen LogP contribution is 2.31. The van der Waals surface area contributed by atoms with Crippen LogP contribution in [-0.4, -0.2) is 51.4 Å². The van der Waals surface area contributed by atoms with Crippen LogP contribution in [0.1, 0.15) is 21.6 Å². The van der Waals surface area contributed by atoms with E-state index in [-0.39, 0.29) is 0 Å². The summed E-state index contributed by atoms with van der Waals surface area (Å²) in [7, 11) is 5.57. The lowest BCUT2D eigenvalue weighted by atomic mass is 10.1. The summed E-state index contributed by atoms with van der Waals surface area (Å²) in [5.74, 6) is 0. The molecule has 0 aliphatic heterocycles. The lowest BCUT2D eigenvalue weighted by Gasteiger charge is -2.13. The van der Waals surface area contributed by atoms with Crippen molar-refractivity contribution in [2.45, 2.75) is 6.54 Å². The second-order valence-corrected chi connectivity index (χ2v) is 7.21. The Balaban J connectivity index is 1.65. The monoisotopic (exact) mass is 381 g/mol. The molecule has 0 fully saturated rings. The van der Waals surface area contributed by atoms with Gasteiger partial charge < -0.3 is 9.88 Å². The van der Waals surface area contributed by atoms with Crippen LogP contribution in [0.4, 0.5) is 5.13 Å². The predicted molar refractivity (Wildman–Crippen MR) is 109 cm³/mol. The number of hydrogen-bond donors (Lipinski definition) is 2. The average molecular weight is 381 g/mol. The van der Waals surface area contributed by atoms with Crippen LogP contribution in [0.3, 0.4) is 0 Å². The number of thiazole rings is 1. The molecule has 4 rings (SSSR count). The molecule has 0 spiro atoms. The van der Waals surface area contributed by atoms with E-state index in [4.69, 9.17) is 0 Å². The molecule has 0 aliphatic rings. The molecule has 4 aromatic rings. The number of benzene rings is 1. The van der Waals surface area contributed by atoms with Crippen molar-refractivity contribution < 1.29 is 4.79 Å². The van der Waals surface area contributed by atoms with E-state index in [1.807, 2.05) is 44.5 Å². The van der Waals surface area contributed by atoms with E-state index in [0.717, 1.165) is 43.8 Å². The van der Waals surface area contributed by atoms with E-state index >= 15 is 0 Å². The fourth-order valence-electron chi connectivity index (χ4n) is 3.11. The molecule has 138 valence electrons. The standard InChI is InChI=1S/C18H19N7OS/c1-19-18-22-17-16(27-18)13(15(10-26)25(17)3)8-21-24(2)9-11-5-4-6-14-12(11)7-20-23-14/h4-8,10H,9H2,1-3H3,(H,19,22)(H,20,23)/b21-8-. The Hall–Kier alpha value is -3.20. The molecule has 3 heterocycles. The molecule has 0 atom stereocenters. The minimum Gasteiger partial charge on any atom is -0.365 e. The first kappa shape index (κ1) is 17.2. The normalized spacial score (nSPS) is 11.7. The number of hydrogen-bond acceptors (Lipinski definition) is 7. The first-order valence-corrected chi connectivity index (χ1v) is 9.22. The maximum atomic E-state index is 11.6. The van der Waals surface area contributed by atoms with Gasteiger partial charge in [-0.3, -0.25) is 14.9 Å². The Kier molecular flexibility index (Phi) is 4.36. The number of aromatic nitrogens is 4. The number of aromatic amines is 1. The van der Waals surface area contributed by atoms with Crippen molar-refractivity contribution in [2.24, 2.45) is 12.1 Å². The van der Waals surface area contributed by atoms with Gasteiger partial charge in [-0.2, -0.15) is 10.2 Å². The van der Waals surface area contributed by atoms with Gasteiger partial charge >= 0.3 is 0 Å². The summed E-state index contributed by atoms with van der Waals surface area (Å²) < 4.78 is 2.74. The molecule has 9 heteroatoms. The van der Waals surface area contributed by atoms with Gasteiger partial charge in [-0.05, 0) is 11.6 Å². The van der Waals surface area contributed by atoms with Crippen LogP contribution in [0.5, 0.6) is 0 Å². The maximum absolute atomic E-state index is 11.6. The fourth-order valence-corrected chi connectivity index (χ4v) is 4.08. The minimum absolute atomic E-state index is 0.570. The van der Waals surface area contributed by atoms with Gasteiger partial charge in [0.25, 0.3) is 0 Å². The smallest absolute Gasteiger partial charge is 0.185 e. The van der Waals surface area contributed by atoms with E-state index in [1.54, 1.807) is 10.8 Å². The molecule has 2 N–H and O–H groups in total. The van der Waals surface area contributed by atoms with Crippen molar-refractivity contribution >= 4 is 50.2 Å². The van der Waals surface area contributed by atoms with Gasteiger partial charge in [-0.25, -0.2) is 4.98 Å². The summed E-state index contributed by atoms with van der Waals surface area (Å²) in [5.41, 5.74) is 4.26. The van der Waals surface area contributed by atoms with Crippen LogP contribution < -0.4 is 5.32 Å². The molecule has 0 unspecified atom stereocenters. The van der Waals surface area contributed by atoms with E-state index in [9.17, 15) is 4.79 Å². The number of nitrogens with zero attached hydrogens (tertiary/aromatic N) is 5. The SMILES string of the molecule is CNc1nc2c(s1)c(/C=N\N(C)Cc1cccc3[nH]ncc13)c(C=O)n2C. The van der Waals surface area contributed by atoms with Crippen molar-refractivity contribution in [3.63, 3.8) is 0 Å². The van der Waals surface area contributed by atoms with E-state index < -0.39 is 0 Å². The number of hydrazone groups is 1. The largest absolute Gasteiger partial charge is 0.365 e. The molecular formula is C18H19N7OS. The van der Waals surface area contributed by atoms with Gasteiger partial charge in [0.2, 0.25) is 0 Å².